The molecule has 2 fully saturated rings. The van der Waals surface area contributed by atoms with Crippen LogP contribution in [0.25, 0.3) is 0 Å². The van der Waals surface area contributed by atoms with Crippen LogP contribution in [0.15, 0.2) is 35.3 Å². The molecule has 2 aliphatic heterocycles. The van der Waals surface area contributed by atoms with Gasteiger partial charge in [0.15, 0.2) is 5.96 Å². The lowest BCUT2D eigenvalue weighted by Crippen LogP contribution is -2.51. The van der Waals surface area contributed by atoms with Crippen molar-refractivity contribution >= 4 is 35.6 Å². The summed E-state index contributed by atoms with van der Waals surface area (Å²) in [6.07, 6.45) is -3.45. The van der Waals surface area contributed by atoms with Gasteiger partial charge in [-0.25, -0.2) is 0 Å². The Morgan fingerprint density at radius 1 is 1.12 bits per heavy atom. The first-order valence-corrected chi connectivity index (χ1v) is 11.2. The molecule has 2 unspecified atom stereocenters. The van der Waals surface area contributed by atoms with Crippen molar-refractivity contribution in [2.75, 3.05) is 63.8 Å². The van der Waals surface area contributed by atoms with Gasteiger partial charge in [-0.1, -0.05) is 18.2 Å². The molecule has 1 aromatic rings. The molecule has 32 heavy (non-hydrogen) atoms. The van der Waals surface area contributed by atoms with E-state index in [9.17, 15) is 13.2 Å². The lowest BCUT2D eigenvalue weighted by atomic mass is 10.2. The number of nitrogens with one attached hydrogen (secondary N) is 2. The van der Waals surface area contributed by atoms with Gasteiger partial charge in [0.25, 0.3) is 0 Å². The van der Waals surface area contributed by atoms with Gasteiger partial charge >= 0.3 is 6.18 Å². The van der Waals surface area contributed by atoms with Crippen LogP contribution in [0.4, 0.5) is 18.9 Å². The van der Waals surface area contributed by atoms with Crippen molar-refractivity contribution in [2.45, 2.75) is 38.5 Å². The largest absolute Gasteiger partial charge is 0.401 e. The van der Waals surface area contributed by atoms with Crippen LogP contribution in [0.2, 0.25) is 0 Å². The number of hydrogen-bond donors (Lipinski definition) is 2. The smallest absolute Gasteiger partial charge is 0.369 e. The van der Waals surface area contributed by atoms with Crippen LogP contribution in [0.1, 0.15) is 20.3 Å². The van der Waals surface area contributed by atoms with Crippen molar-refractivity contribution in [3.63, 3.8) is 0 Å². The quantitative estimate of drug-likeness (QED) is 0.301. The van der Waals surface area contributed by atoms with E-state index in [1.807, 2.05) is 13.0 Å². The lowest BCUT2D eigenvalue weighted by molar-refractivity contribution is -0.143. The highest BCUT2D eigenvalue weighted by Gasteiger charge is 2.34. The SMILES string of the molecule is CCNC(=NCC(C)N1CCN(c2ccccc2)CC1)NC1CCN(CC(F)(F)F)C1.I. The van der Waals surface area contributed by atoms with Gasteiger partial charge in [-0.15, -0.1) is 24.0 Å². The highest BCUT2D eigenvalue weighted by Crippen LogP contribution is 2.20. The number of guanidine groups is 1. The van der Waals surface area contributed by atoms with Crippen molar-refractivity contribution in [2.24, 2.45) is 4.99 Å². The number of aliphatic imine (C=N–C) groups is 1. The molecule has 2 heterocycles. The number of rotatable bonds is 7. The van der Waals surface area contributed by atoms with Crippen LogP contribution in [-0.2, 0) is 0 Å². The van der Waals surface area contributed by atoms with Crippen LogP contribution < -0.4 is 15.5 Å². The Morgan fingerprint density at radius 3 is 2.44 bits per heavy atom. The standard InChI is InChI=1S/C22H35F3N6.HI/c1-3-26-21(28-19-9-10-29(16-19)17-22(23,24)25)27-15-18(2)30-11-13-31(14-12-30)20-7-5-4-6-8-20;/h4-8,18-19H,3,9-17H2,1-2H3,(H2,26,27,28);1H. The first-order chi connectivity index (χ1) is 14.8. The molecule has 0 saturated carbocycles. The average molecular weight is 568 g/mol. The Hall–Kier alpha value is -1.27. The molecule has 0 aliphatic carbocycles. The van der Waals surface area contributed by atoms with Crippen LogP contribution >= 0.6 is 24.0 Å². The van der Waals surface area contributed by atoms with E-state index in [2.05, 4.69) is 51.6 Å². The molecule has 2 N–H and O–H groups in total. The van der Waals surface area contributed by atoms with Crippen LogP contribution in [0.3, 0.4) is 0 Å². The lowest BCUT2D eigenvalue weighted by Gasteiger charge is -2.38. The number of likely N-dealkylation sites (tertiary alicyclic amines) is 1. The molecule has 6 nitrogen and oxygen atoms in total. The van der Waals surface area contributed by atoms with E-state index in [-0.39, 0.29) is 30.0 Å². The Bertz CT molecular complexity index is 695. The second-order valence-corrected chi connectivity index (χ2v) is 8.41. The molecule has 0 aromatic heterocycles. The van der Waals surface area contributed by atoms with Gasteiger partial charge in [0, 0.05) is 63.6 Å². The second kappa shape index (κ2) is 12.8. The Labute approximate surface area is 206 Å². The van der Waals surface area contributed by atoms with Gasteiger partial charge < -0.3 is 15.5 Å². The predicted octanol–water partition coefficient (Wildman–Crippen LogP) is 3.01. The molecular weight excluding hydrogens is 532 g/mol. The molecule has 0 bridgehead atoms. The van der Waals surface area contributed by atoms with Crippen molar-refractivity contribution in [1.29, 1.82) is 0 Å². The summed E-state index contributed by atoms with van der Waals surface area (Å²) in [6.45, 7) is 9.52. The summed E-state index contributed by atoms with van der Waals surface area (Å²) in [5.74, 6) is 0.691. The Kier molecular flexibility index (Phi) is 10.8. The van der Waals surface area contributed by atoms with E-state index in [0.717, 1.165) is 32.7 Å². The van der Waals surface area contributed by atoms with E-state index in [0.29, 0.717) is 38.1 Å². The Balaban J connectivity index is 0.00000363. The third kappa shape index (κ3) is 8.58. The van der Waals surface area contributed by atoms with Crippen molar-refractivity contribution < 1.29 is 13.2 Å². The third-order valence-corrected chi connectivity index (χ3v) is 5.93. The van der Waals surface area contributed by atoms with Gasteiger partial charge in [0.2, 0.25) is 0 Å². The fourth-order valence-electron chi connectivity index (χ4n) is 4.26. The highest BCUT2D eigenvalue weighted by molar-refractivity contribution is 14.0. The summed E-state index contributed by atoms with van der Waals surface area (Å²) in [5.41, 5.74) is 1.27. The van der Waals surface area contributed by atoms with E-state index in [1.54, 1.807) is 0 Å². The zero-order chi connectivity index (χ0) is 22.3. The predicted molar refractivity (Wildman–Crippen MR) is 135 cm³/mol. The summed E-state index contributed by atoms with van der Waals surface area (Å²) >= 11 is 0. The summed E-state index contributed by atoms with van der Waals surface area (Å²) in [4.78, 5) is 11.0. The maximum absolute atomic E-state index is 12.6. The van der Waals surface area contributed by atoms with Crippen molar-refractivity contribution in [1.82, 2.24) is 20.4 Å². The third-order valence-electron chi connectivity index (χ3n) is 5.93. The van der Waals surface area contributed by atoms with Gasteiger partial charge in [0.1, 0.15) is 0 Å². The van der Waals surface area contributed by atoms with Gasteiger partial charge in [-0.2, -0.15) is 13.2 Å². The monoisotopic (exact) mass is 568 g/mol. The number of halogens is 4. The topological polar surface area (TPSA) is 46.1 Å². The minimum Gasteiger partial charge on any atom is -0.369 e. The van der Waals surface area contributed by atoms with Crippen LogP contribution in [0.5, 0.6) is 0 Å². The summed E-state index contributed by atoms with van der Waals surface area (Å²) in [7, 11) is 0. The van der Waals surface area contributed by atoms with E-state index in [4.69, 9.17) is 4.99 Å². The molecule has 2 saturated heterocycles. The molecule has 10 heteroatoms. The number of nitrogens with zero attached hydrogens (tertiary/aromatic N) is 4. The number of alkyl halides is 3. The molecule has 2 atom stereocenters. The van der Waals surface area contributed by atoms with E-state index >= 15 is 0 Å². The first kappa shape index (κ1) is 27.0. The normalized spacial score (nSPS) is 21.8. The maximum atomic E-state index is 12.6. The molecule has 0 spiro atoms. The van der Waals surface area contributed by atoms with Gasteiger partial charge in [0.05, 0.1) is 13.1 Å². The minimum atomic E-state index is -4.15. The fraction of sp³-hybridized carbons (Fsp3) is 0.682. The number of hydrogen-bond acceptors (Lipinski definition) is 4. The van der Waals surface area contributed by atoms with Crippen molar-refractivity contribution in [3.8, 4) is 0 Å². The second-order valence-electron chi connectivity index (χ2n) is 8.41. The van der Waals surface area contributed by atoms with Crippen LogP contribution in [0, 0.1) is 0 Å². The molecule has 0 radical (unpaired) electrons. The summed E-state index contributed by atoms with van der Waals surface area (Å²) in [5, 5.41) is 6.55. The van der Waals surface area contributed by atoms with Crippen molar-refractivity contribution in [3.05, 3.63) is 30.3 Å². The molecule has 0 amide bonds. The number of anilines is 1. The molecule has 182 valence electrons. The first-order valence-electron chi connectivity index (χ1n) is 11.2. The molecule has 1 aromatic carbocycles. The van der Waals surface area contributed by atoms with Gasteiger partial charge in [-0.3, -0.25) is 14.8 Å². The summed E-state index contributed by atoms with van der Waals surface area (Å²) in [6, 6.07) is 10.8. The molecular formula is C22H36F3IN6. The molecule has 2 aliphatic rings. The fourth-order valence-corrected chi connectivity index (χ4v) is 4.26. The maximum Gasteiger partial charge on any atom is 0.401 e. The average Bonchev–Trinajstić information content (AvgIpc) is 3.17. The zero-order valence-corrected chi connectivity index (χ0v) is 21.3. The number of piperazine rings is 1. The highest BCUT2D eigenvalue weighted by atomic mass is 127. The minimum absolute atomic E-state index is 0. The van der Waals surface area contributed by atoms with Gasteiger partial charge in [-0.05, 0) is 32.4 Å². The Morgan fingerprint density at radius 2 is 1.81 bits per heavy atom. The summed E-state index contributed by atoms with van der Waals surface area (Å²) < 4.78 is 37.9. The van der Waals surface area contributed by atoms with E-state index in [1.165, 1.54) is 10.6 Å². The zero-order valence-electron chi connectivity index (χ0n) is 18.9. The van der Waals surface area contributed by atoms with E-state index < -0.39 is 12.7 Å². The van der Waals surface area contributed by atoms with Crippen LogP contribution in [-0.4, -0.2) is 92.9 Å². The number of para-hydroxylation sites is 1. The number of benzene rings is 1. The molecule has 3 rings (SSSR count).